The molecule has 0 aliphatic carbocycles. The van der Waals surface area contributed by atoms with E-state index in [-0.39, 0.29) is 27.1 Å². The molecule has 8 heteroatoms. The van der Waals surface area contributed by atoms with Crippen molar-refractivity contribution < 1.29 is 4.42 Å². The second-order valence-corrected chi connectivity index (χ2v) is 45.6. The number of hydrogen-bond acceptors (Lipinski definition) is 3. The minimum absolute atomic E-state index is 0.0744. The number of furan rings is 1. The van der Waals surface area contributed by atoms with Crippen LogP contribution in [0.15, 0.2) is 472 Å². The maximum Gasteiger partial charge on any atom is 0.135 e. The molecule has 20 aromatic carbocycles. The van der Waals surface area contributed by atoms with Gasteiger partial charge in [-0.1, -0.05) is 347 Å². The number of hydrogen-bond donors (Lipinski definition) is 0. The molecule has 148 heavy (non-hydrogen) atoms. The van der Waals surface area contributed by atoms with Gasteiger partial charge >= 0.3 is 0 Å². The summed E-state index contributed by atoms with van der Waals surface area (Å²) in [6.07, 6.45) is 0. The second-order valence-electron chi connectivity index (χ2n) is 44.5. The van der Waals surface area contributed by atoms with Crippen LogP contribution in [0.25, 0.3) is 191 Å². The average Bonchev–Trinajstić information content (AvgIpc) is 1.57. The van der Waals surface area contributed by atoms with Crippen LogP contribution in [-0.4, -0.2) is 22.8 Å². The number of rotatable bonds is 9. The molecule has 0 aliphatic heterocycles. The Bertz CT molecular complexity index is 9440. The number of benzene rings is 20. The van der Waals surface area contributed by atoms with Crippen molar-refractivity contribution in [3.8, 4) is 39.6 Å². The number of nitrogens with zero attached hydrogens (tertiary/aromatic N) is 6. The first-order valence-corrected chi connectivity index (χ1v) is 52.7. The quantitative estimate of drug-likeness (QED) is 0.145. The summed E-state index contributed by atoms with van der Waals surface area (Å²) >= 11 is 1.88. The fraction of sp³-hybridized carbons (Fsp3) is 0.143. The first-order chi connectivity index (χ1) is 71.6. The fourth-order valence-electron chi connectivity index (χ4n) is 21.7. The van der Waals surface area contributed by atoms with E-state index >= 15 is 0 Å². The summed E-state index contributed by atoms with van der Waals surface area (Å²) in [5, 5.41) is 18.0. The predicted molar refractivity (Wildman–Crippen MR) is 638 cm³/mol. The molecule has 0 atom stereocenters. The van der Waals surface area contributed by atoms with Crippen molar-refractivity contribution in [2.75, 3.05) is 4.90 Å². The highest BCUT2D eigenvalue weighted by atomic mass is 32.1. The lowest BCUT2D eigenvalue weighted by molar-refractivity contribution is 0.590. The van der Waals surface area contributed by atoms with Crippen molar-refractivity contribution in [3.63, 3.8) is 0 Å². The van der Waals surface area contributed by atoms with E-state index in [0.717, 1.165) is 28.2 Å². The van der Waals surface area contributed by atoms with E-state index in [1.54, 1.807) is 0 Å². The second kappa shape index (κ2) is 38.0. The molecular weight excluding hydrogens is 1810 g/mol. The van der Waals surface area contributed by atoms with Crippen LogP contribution in [0.2, 0.25) is 0 Å². The van der Waals surface area contributed by atoms with E-state index in [0.29, 0.717) is 0 Å². The van der Waals surface area contributed by atoms with Gasteiger partial charge in [0.25, 0.3) is 0 Å². The van der Waals surface area contributed by atoms with E-state index < -0.39 is 0 Å². The van der Waals surface area contributed by atoms with Crippen molar-refractivity contribution in [1.82, 2.24) is 22.8 Å². The molecule has 7 nitrogen and oxygen atoms in total. The Morgan fingerprint density at radius 2 is 0.432 bits per heavy atom. The molecule has 27 aromatic rings. The van der Waals surface area contributed by atoms with Crippen LogP contribution in [0, 0.1) is 0 Å². The van der Waals surface area contributed by atoms with Gasteiger partial charge < -0.3 is 32.2 Å². The summed E-state index contributed by atoms with van der Waals surface area (Å²) in [7, 11) is 0. The molecule has 724 valence electrons. The third-order valence-electron chi connectivity index (χ3n) is 29.5. The molecule has 0 spiro atoms. The number of aromatic nitrogens is 5. The Morgan fingerprint density at radius 1 is 0.169 bits per heavy atom. The lowest BCUT2D eigenvalue weighted by Crippen LogP contribution is -2.10. The topological polar surface area (TPSA) is 41.0 Å². The summed E-state index contributed by atoms with van der Waals surface area (Å²) in [6, 6.07) is 169. The molecule has 0 aliphatic rings. The SMILES string of the molecule is CC(C)(C)c1ccc2c(c1)c1cc(-c3ccc4c(c3)c3ccccc3n4-c3ccccc3)ccc1n2-c1ccccc1.CC(C)(C)c1ccc2c(c1)c1cc(-n3c4ccccc4c4ccccc43)ccc1n2-c1ccccc1.CC(C)(C)c1ccc2c(c1)c1cc(N(c3ccccc3)c3ccccc3)ccc1n2-c1ccccc1.CC(C)(C)c1ccc2oc3ccccc3c2c1.CC(C)(C)c1ccc2sc3ccccc3c2c1. The maximum absolute atomic E-state index is 5.82. The van der Waals surface area contributed by atoms with Crippen molar-refractivity contribution >= 4 is 180 Å². The van der Waals surface area contributed by atoms with Crippen molar-refractivity contribution in [2.45, 2.75) is 131 Å². The summed E-state index contributed by atoms with van der Waals surface area (Å²) in [5.74, 6) is 0. The zero-order valence-corrected chi connectivity index (χ0v) is 87.8. The van der Waals surface area contributed by atoms with Gasteiger partial charge in [-0.25, -0.2) is 0 Å². The van der Waals surface area contributed by atoms with E-state index in [1.165, 1.54) is 207 Å². The zero-order chi connectivity index (χ0) is 102. The number of anilines is 3. The lowest BCUT2D eigenvalue weighted by Gasteiger charge is -2.25. The van der Waals surface area contributed by atoms with Crippen LogP contribution in [0.1, 0.15) is 132 Å². The third kappa shape index (κ3) is 17.8. The molecule has 0 radical (unpaired) electrons. The van der Waals surface area contributed by atoms with Gasteiger partial charge in [-0.15, -0.1) is 11.3 Å². The Kier molecular flexibility index (Phi) is 24.3. The van der Waals surface area contributed by atoms with E-state index in [2.05, 4.69) is 587 Å². The van der Waals surface area contributed by atoms with Crippen LogP contribution in [0.4, 0.5) is 17.1 Å². The van der Waals surface area contributed by atoms with E-state index in [9.17, 15) is 0 Å². The fourth-order valence-corrected chi connectivity index (χ4v) is 22.8. The first-order valence-electron chi connectivity index (χ1n) is 51.8. The summed E-state index contributed by atoms with van der Waals surface area (Å²) < 4.78 is 20.6. The Morgan fingerprint density at radius 3 is 0.845 bits per heavy atom. The van der Waals surface area contributed by atoms with Crippen LogP contribution < -0.4 is 4.90 Å². The van der Waals surface area contributed by atoms with E-state index in [1.807, 2.05) is 23.5 Å². The standard InChI is InChI=1S/C40H32N2.C34H28N2.C34H30N2.C16H16O.C16H16S/c1-40(2,3)29-20-23-39-35(26-29)34-25-28(19-22-38(34)42(39)31-14-8-5-9-15-31)27-18-21-37-33(24-27)32-16-10-11-17-36(32)41(37)30-12-6-4-7-13-30;1-34(2,3)23-17-19-32-28(21-23)29-22-25(18-20-33(29)35(32)24-11-5-4-6-12-24)36-30-15-9-7-13-26(30)27-14-8-10-16-31(27)36;1-34(2,3)25-19-21-32-30(23-25)31-24-29(20-22-33(31)36(32)28-17-11-6-12-18-28)35(26-13-7-4-8-14-26)27-15-9-5-10-16-27;2*1-16(2,3)11-8-9-15-13(10-11)12-6-4-5-7-14(12)17-15/h4-26H,1-3H3;4-22H,1-3H3;4-24H,1-3H3;2*4-10H,1-3H3. The molecule has 0 N–H and O–H groups in total. The molecule has 0 fully saturated rings. The highest BCUT2D eigenvalue weighted by Gasteiger charge is 2.27. The number of fused-ring (bicyclic) bond motifs is 21. The Hall–Kier alpha value is -16.8. The lowest BCUT2D eigenvalue weighted by atomic mass is 9.86. The molecule has 7 heterocycles. The highest BCUT2D eigenvalue weighted by molar-refractivity contribution is 7.25. The van der Waals surface area contributed by atoms with Gasteiger partial charge in [0.05, 0.1) is 55.2 Å². The van der Waals surface area contributed by atoms with Gasteiger partial charge in [-0.05, 0) is 290 Å². The minimum Gasteiger partial charge on any atom is -0.456 e. The largest absolute Gasteiger partial charge is 0.456 e. The Balaban J connectivity index is 0.000000106. The van der Waals surface area contributed by atoms with Gasteiger partial charge in [0, 0.05) is 130 Å². The molecule has 0 amide bonds. The monoisotopic (exact) mass is 1930 g/mol. The third-order valence-corrected chi connectivity index (χ3v) is 30.7. The van der Waals surface area contributed by atoms with Gasteiger partial charge in [0.1, 0.15) is 11.2 Å². The number of para-hydroxylation sites is 10. The molecule has 0 saturated carbocycles. The van der Waals surface area contributed by atoms with Crippen LogP contribution >= 0.6 is 11.3 Å². The van der Waals surface area contributed by atoms with Crippen molar-refractivity contribution in [1.29, 1.82) is 0 Å². The van der Waals surface area contributed by atoms with Crippen LogP contribution in [0.3, 0.4) is 0 Å². The Labute approximate surface area is 870 Å². The van der Waals surface area contributed by atoms with E-state index in [4.69, 9.17) is 4.42 Å². The van der Waals surface area contributed by atoms with Crippen molar-refractivity contribution in [2.24, 2.45) is 0 Å². The summed E-state index contributed by atoms with van der Waals surface area (Å²) in [4.78, 5) is 2.33. The van der Waals surface area contributed by atoms with Crippen LogP contribution in [-0.2, 0) is 27.1 Å². The normalized spacial score (nSPS) is 12.2. The average molecular weight is 1940 g/mol. The smallest absolute Gasteiger partial charge is 0.135 e. The predicted octanol–water partition coefficient (Wildman–Crippen LogP) is 39.8. The van der Waals surface area contributed by atoms with Crippen molar-refractivity contribution in [3.05, 3.63) is 495 Å². The molecule has 27 rings (SSSR count). The number of thiophene rings is 1. The molecular formula is C140H122N6OS. The van der Waals surface area contributed by atoms with Gasteiger partial charge in [-0.2, -0.15) is 0 Å². The molecule has 7 aromatic heterocycles. The zero-order valence-electron chi connectivity index (χ0n) is 87.0. The first kappa shape index (κ1) is 94.8. The van der Waals surface area contributed by atoms with Gasteiger partial charge in [0.15, 0.2) is 0 Å². The summed E-state index contributed by atoms with van der Waals surface area (Å²) in [6.45, 7) is 34.1. The molecule has 0 bridgehead atoms. The highest BCUT2D eigenvalue weighted by Crippen LogP contribution is 2.47. The van der Waals surface area contributed by atoms with Gasteiger partial charge in [0.2, 0.25) is 0 Å². The minimum atomic E-state index is 0.0744. The maximum atomic E-state index is 5.82. The molecule has 0 saturated heterocycles. The van der Waals surface area contributed by atoms with Gasteiger partial charge in [-0.3, -0.25) is 0 Å². The summed E-state index contributed by atoms with van der Waals surface area (Å²) in [5.41, 5.74) is 33.5. The molecule has 0 unspecified atom stereocenters. The van der Waals surface area contributed by atoms with Crippen LogP contribution in [0.5, 0.6) is 0 Å².